The zero-order chi connectivity index (χ0) is 11.0. The fraction of sp³-hybridized carbons (Fsp3) is 0.615. The highest BCUT2D eigenvalue weighted by molar-refractivity contribution is 5.44. The predicted molar refractivity (Wildman–Crippen MR) is 66.1 cm³/mol. The van der Waals surface area contributed by atoms with Crippen LogP contribution in [0.1, 0.15) is 30.5 Å². The number of anilines is 1. The normalized spacial score (nSPS) is 24.6. The maximum Gasteiger partial charge on any atom is 0.128 e. The molecule has 0 aromatic carbocycles. The molecule has 1 aliphatic carbocycles. The zero-order valence-corrected chi connectivity index (χ0v) is 9.87. The Hall–Kier alpha value is -1.09. The minimum atomic E-state index is 0.708. The van der Waals surface area contributed by atoms with Crippen molar-refractivity contribution in [3.05, 3.63) is 23.4 Å². The van der Waals surface area contributed by atoms with Crippen LogP contribution < -0.4 is 10.2 Å². The first-order chi connectivity index (χ1) is 7.84. The van der Waals surface area contributed by atoms with Crippen molar-refractivity contribution < 1.29 is 0 Å². The molecule has 2 heterocycles. The fourth-order valence-electron chi connectivity index (χ4n) is 2.73. The number of hydrogen-bond acceptors (Lipinski definition) is 3. The average Bonchev–Trinajstić information content (AvgIpc) is 2.72. The molecule has 0 radical (unpaired) electrons. The van der Waals surface area contributed by atoms with E-state index in [-0.39, 0.29) is 0 Å². The number of fused-ring (bicyclic) bond motifs is 1. The molecular formula is C13H19N3. The predicted octanol–water partition coefficient (Wildman–Crippen LogP) is 1.54. The van der Waals surface area contributed by atoms with Gasteiger partial charge in [-0.05, 0) is 30.4 Å². The quantitative estimate of drug-likeness (QED) is 0.773. The summed E-state index contributed by atoms with van der Waals surface area (Å²) in [4.78, 5) is 7.21. The molecule has 1 aliphatic heterocycles. The number of nitrogens with zero attached hydrogens (tertiary/aromatic N) is 2. The largest absolute Gasteiger partial charge is 0.354 e. The van der Waals surface area contributed by atoms with Crippen LogP contribution in [0.25, 0.3) is 0 Å². The summed E-state index contributed by atoms with van der Waals surface area (Å²) in [7, 11) is 0. The molecule has 2 aliphatic rings. The third-order valence-corrected chi connectivity index (χ3v) is 3.78. The lowest BCUT2D eigenvalue weighted by Gasteiger charge is -2.28. The van der Waals surface area contributed by atoms with Gasteiger partial charge < -0.3 is 10.2 Å². The van der Waals surface area contributed by atoms with Crippen LogP contribution in [-0.2, 0) is 6.42 Å². The molecule has 1 N–H and O–H groups in total. The maximum absolute atomic E-state index is 4.83. The molecule has 1 saturated heterocycles. The van der Waals surface area contributed by atoms with Crippen molar-refractivity contribution in [3.8, 4) is 0 Å². The Morgan fingerprint density at radius 2 is 2.12 bits per heavy atom. The van der Waals surface area contributed by atoms with Crippen molar-refractivity contribution in [3.63, 3.8) is 0 Å². The Morgan fingerprint density at radius 3 is 2.94 bits per heavy atom. The molecule has 1 aromatic rings. The first-order valence-electron chi connectivity index (χ1n) is 6.30. The van der Waals surface area contributed by atoms with Gasteiger partial charge in [-0.15, -0.1) is 0 Å². The van der Waals surface area contributed by atoms with Crippen molar-refractivity contribution in [1.29, 1.82) is 0 Å². The van der Waals surface area contributed by atoms with E-state index in [4.69, 9.17) is 4.98 Å². The van der Waals surface area contributed by atoms with E-state index >= 15 is 0 Å². The van der Waals surface area contributed by atoms with E-state index in [2.05, 4.69) is 29.3 Å². The Labute approximate surface area is 96.9 Å². The van der Waals surface area contributed by atoms with Crippen molar-refractivity contribution in [2.24, 2.45) is 0 Å². The van der Waals surface area contributed by atoms with E-state index < -0.39 is 0 Å². The van der Waals surface area contributed by atoms with Crippen LogP contribution in [-0.4, -0.2) is 31.2 Å². The molecular weight excluding hydrogens is 198 g/mol. The smallest absolute Gasteiger partial charge is 0.128 e. The Balaban J connectivity index is 1.86. The van der Waals surface area contributed by atoms with Gasteiger partial charge in [-0.25, -0.2) is 4.98 Å². The van der Waals surface area contributed by atoms with E-state index in [1.54, 1.807) is 0 Å². The molecule has 3 rings (SSSR count). The number of piperazine rings is 1. The highest BCUT2D eigenvalue weighted by atomic mass is 15.2. The van der Waals surface area contributed by atoms with Crippen LogP contribution in [0.2, 0.25) is 0 Å². The second-order valence-electron chi connectivity index (χ2n) is 4.88. The Kier molecular flexibility index (Phi) is 2.56. The van der Waals surface area contributed by atoms with Gasteiger partial charge in [-0.2, -0.15) is 0 Å². The van der Waals surface area contributed by atoms with E-state index in [0.29, 0.717) is 5.92 Å². The van der Waals surface area contributed by atoms with Gasteiger partial charge in [0.15, 0.2) is 0 Å². The highest BCUT2D eigenvalue weighted by Crippen LogP contribution is 2.32. The number of hydrogen-bond donors (Lipinski definition) is 1. The van der Waals surface area contributed by atoms with Crippen LogP contribution in [0.4, 0.5) is 5.82 Å². The minimum Gasteiger partial charge on any atom is -0.354 e. The summed E-state index contributed by atoms with van der Waals surface area (Å²) < 4.78 is 0. The van der Waals surface area contributed by atoms with Crippen LogP contribution in [0.3, 0.4) is 0 Å². The summed E-state index contributed by atoms with van der Waals surface area (Å²) in [5.41, 5.74) is 2.81. The van der Waals surface area contributed by atoms with E-state index in [1.165, 1.54) is 23.5 Å². The lowest BCUT2D eigenvalue weighted by Crippen LogP contribution is -2.43. The van der Waals surface area contributed by atoms with Gasteiger partial charge in [-0.3, -0.25) is 0 Å². The molecule has 1 unspecified atom stereocenters. The molecule has 1 aromatic heterocycles. The van der Waals surface area contributed by atoms with Crippen molar-refractivity contribution in [2.45, 2.75) is 25.7 Å². The Morgan fingerprint density at radius 1 is 1.31 bits per heavy atom. The van der Waals surface area contributed by atoms with Crippen LogP contribution in [0, 0.1) is 0 Å². The third-order valence-electron chi connectivity index (χ3n) is 3.78. The zero-order valence-electron chi connectivity index (χ0n) is 9.87. The summed E-state index contributed by atoms with van der Waals surface area (Å²) in [6, 6.07) is 4.49. The van der Waals surface area contributed by atoms with Crippen LogP contribution >= 0.6 is 0 Å². The molecule has 0 saturated carbocycles. The summed E-state index contributed by atoms with van der Waals surface area (Å²) in [6.07, 6.45) is 2.43. The fourth-order valence-corrected chi connectivity index (χ4v) is 2.73. The number of aryl methyl sites for hydroxylation is 1. The van der Waals surface area contributed by atoms with E-state index in [9.17, 15) is 0 Å². The molecule has 1 fully saturated rings. The van der Waals surface area contributed by atoms with Gasteiger partial charge in [-0.1, -0.05) is 13.0 Å². The van der Waals surface area contributed by atoms with Gasteiger partial charge in [0.05, 0.1) is 0 Å². The summed E-state index contributed by atoms with van der Waals surface area (Å²) >= 11 is 0. The number of pyridine rings is 1. The maximum atomic E-state index is 4.83. The summed E-state index contributed by atoms with van der Waals surface area (Å²) in [6.45, 7) is 6.63. The topological polar surface area (TPSA) is 28.2 Å². The van der Waals surface area contributed by atoms with Crippen LogP contribution in [0.15, 0.2) is 12.1 Å². The van der Waals surface area contributed by atoms with Gasteiger partial charge in [0, 0.05) is 31.9 Å². The molecule has 3 nitrogen and oxygen atoms in total. The van der Waals surface area contributed by atoms with E-state index in [1.807, 2.05) is 0 Å². The number of rotatable bonds is 1. The van der Waals surface area contributed by atoms with Gasteiger partial charge in [0.1, 0.15) is 5.82 Å². The summed E-state index contributed by atoms with van der Waals surface area (Å²) in [5.74, 6) is 1.88. The number of aromatic nitrogens is 1. The second-order valence-corrected chi connectivity index (χ2v) is 4.88. The third kappa shape index (κ3) is 1.69. The molecule has 0 spiro atoms. The van der Waals surface area contributed by atoms with E-state index in [0.717, 1.165) is 32.6 Å². The highest BCUT2D eigenvalue weighted by Gasteiger charge is 2.21. The molecule has 3 heteroatoms. The summed E-state index contributed by atoms with van der Waals surface area (Å²) in [5, 5.41) is 3.37. The van der Waals surface area contributed by atoms with Gasteiger partial charge >= 0.3 is 0 Å². The average molecular weight is 217 g/mol. The molecule has 16 heavy (non-hydrogen) atoms. The van der Waals surface area contributed by atoms with Crippen LogP contribution in [0.5, 0.6) is 0 Å². The Bertz CT molecular complexity index is 383. The number of nitrogens with one attached hydrogen (secondary N) is 1. The van der Waals surface area contributed by atoms with Crippen molar-refractivity contribution >= 4 is 5.82 Å². The minimum absolute atomic E-state index is 0.708. The first-order valence-corrected chi connectivity index (χ1v) is 6.30. The second kappa shape index (κ2) is 4.06. The molecule has 0 amide bonds. The van der Waals surface area contributed by atoms with Gasteiger partial charge in [0.2, 0.25) is 0 Å². The molecule has 1 atom stereocenters. The molecule has 86 valence electrons. The van der Waals surface area contributed by atoms with Gasteiger partial charge in [0.25, 0.3) is 0 Å². The monoisotopic (exact) mass is 217 g/mol. The first kappa shape index (κ1) is 10.1. The lowest BCUT2D eigenvalue weighted by atomic mass is 10.1. The lowest BCUT2D eigenvalue weighted by molar-refractivity contribution is 0.584. The van der Waals surface area contributed by atoms with Crippen molar-refractivity contribution in [2.75, 3.05) is 31.1 Å². The molecule has 0 bridgehead atoms. The standard InChI is InChI=1S/C13H19N3/c1-10-2-4-12-11(10)3-5-13(15-12)16-8-6-14-7-9-16/h3,5,10,14H,2,4,6-9H2,1H3. The van der Waals surface area contributed by atoms with Crippen molar-refractivity contribution in [1.82, 2.24) is 10.3 Å². The SMILES string of the molecule is CC1CCc2nc(N3CCNCC3)ccc21.